The molecule has 1 amide bonds. The Kier molecular flexibility index (Phi) is 6.21. The highest BCUT2D eigenvalue weighted by Gasteiger charge is 2.12. The molecule has 0 spiro atoms. The van der Waals surface area contributed by atoms with E-state index in [1.165, 1.54) is 5.56 Å². The van der Waals surface area contributed by atoms with Crippen LogP contribution in [-0.2, 0) is 10.2 Å². The molecule has 0 fully saturated rings. The molecule has 0 saturated heterocycles. The highest BCUT2D eigenvalue weighted by molar-refractivity contribution is 6.30. The SMILES string of the molecule is Cc1cc(Cl)ccc1OCC(=O)NN=Cc1ccc(C(C)(C)C)cc1. The molecule has 0 saturated carbocycles. The van der Waals surface area contributed by atoms with E-state index < -0.39 is 0 Å². The second-order valence-corrected chi connectivity index (χ2v) is 7.30. The molecule has 0 bridgehead atoms. The van der Waals surface area contributed by atoms with Gasteiger partial charge in [0.25, 0.3) is 5.91 Å². The van der Waals surface area contributed by atoms with Gasteiger partial charge in [0.05, 0.1) is 6.21 Å². The minimum atomic E-state index is -0.322. The Hall–Kier alpha value is -2.33. The van der Waals surface area contributed by atoms with Gasteiger partial charge in [0, 0.05) is 5.02 Å². The van der Waals surface area contributed by atoms with E-state index in [1.54, 1.807) is 24.4 Å². The Morgan fingerprint density at radius 1 is 1.20 bits per heavy atom. The van der Waals surface area contributed by atoms with Gasteiger partial charge in [-0.2, -0.15) is 5.10 Å². The average molecular weight is 359 g/mol. The zero-order chi connectivity index (χ0) is 18.4. The lowest BCUT2D eigenvalue weighted by Crippen LogP contribution is -2.24. The van der Waals surface area contributed by atoms with Crippen LogP contribution in [-0.4, -0.2) is 18.7 Å². The Labute approximate surface area is 153 Å². The summed E-state index contributed by atoms with van der Waals surface area (Å²) < 4.78 is 5.46. The van der Waals surface area contributed by atoms with Crippen molar-refractivity contribution in [3.8, 4) is 5.75 Å². The molecule has 0 aromatic heterocycles. The van der Waals surface area contributed by atoms with Gasteiger partial charge in [-0.1, -0.05) is 56.6 Å². The van der Waals surface area contributed by atoms with Crippen LogP contribution in [0.3, 0.4) is 0 Å². The van der Waals surface area contributed by atoms with Gasteiger partial charge in [-0.3, -0.25) is 4.79 Å². The topological polar surface area (TPSA) is 50.7 Å². The smallest absolute Gasteiger partial charge is 0.277 e. The van der Waals surface area contributed by atoms with E-state index in [0.29, 0.717) is 10.8 Å². The number of benzene rings is 2. The molecule has 0 aliphatic rings. The fourth-order valence-electron chi connectivity index (χ4n) is 2.20. The average Bonchev–Trinajstić information content (AvgIpc) is 2.53. The Morgan fingerprint density at radius 2 is 1.88 bits per heavy atom. The molecule has 2 aromatic carbocycles. The number of hydrogen-bond acceptors (Lipinski definition) is 3. The molecule has 4 nitrogen and oxygen atoms in total. The minimum Gasteiger partial charge on any atom is -0.483 e. The summed E-state index contributed by atoms with van der Waals surface area (Å²) in [5.74, 6) is 0.304. The molecule has 2 aromatic rings. The van der Waals surface area contributed by atoms with Crippen LogP contribution in [0.2, 0.25) is 5.02 Å². The largest absolute Gasteiger partial charge is 0.483 e. The molecular formula is C20H23ClN2O2. The molecule has 0 heterocycles. The summed E-state index contributed by atoms with van der Waals surface area (Å²) in [5.41, 5.74) is 5.62. The Balaban J connectivity index is 1.84. The molecule has 0 unspecified atom stereocenters. The summed E-state index contributed by atoms with van der Waals surface area (Å²) in [7, 11) is 0. The lowest BCUT2D eigenvalue weighted by molar-refractivity contribution is -0.123. The number of hydrogen-bond donors (Lipinski definition) is 1. The lowest BCUT2D eigenvalue weighted by atomic mass is 9.87. The third-order valence-electron chi connectivity index (χ3n) is 3.68. The van der Waals surface area contributed by atoms with Crippen molar-refractivity contribution in [3.63, 3.8) is 0 Å². The second-order valence-electron chi connectivity index (χ2n) is 6.86. The number of halogens is 1. The zero-order valence-corrected chi connectivity index (χ0v) is 15.7. The predicted octanol–water partition coefficient (Wildman–Crippen LogP) is 4.48. The van der Waals surface area contributed by atoms with Crippen LogP contribution < -0.4 is 10.2 Å². The summed E-state index contributed by atoms with van der Waals surface area (Å²) in [6.07, 6.45) is 1.61. The summed E-state index contributed by atoms with van der Waals surface area (Å²) in [5, 5.41) is 4.59. The first-order valence-electron chi connectivity index (χ1n) is 8.07. The number of aryl methyl sites for hydroxylation is 1. The second kappa shape index (κ2) is 8.17. The normalized spacial score (nSPS) is 11.6. The molecule has 5 heteroatoms. The number of ether oxygens (including phenoxy) is 1. The third-order valence-corrected chi connectivity index (χ3v) is 3.91. The van der Waals surface area contributed by atoms with Gasteiger partial charge in [-0.05, 0) is 47.2 Å². The molecular weight excluding hydrogens is 336 g/mol. The first-order chi connectivity index (χ1) is 11.8. The number of amides is 1. The van der Waals surface area contributed by atoms with E-state index in [2.05, 4.69) is 43.4 Å². The van der Waals surface area contributed by atoms with Crippen molar-refractivity contribution in [2.45, 2.75) is 33.1 Å². The van der Waals surface area contributed by atoms with Crippen LogP contribution in [0.25, 0.3) is 0 Å². The molecule has 1 N–H and O–H groups in total. The van der Waals surface area contributed by atoms with Gasteiger partial charge in [-0.25, -0.2) is 5.43 Å². The highest BCUT2D eigenvalue weighted by Crippen LogP contribution is 2.22. The third kappa shape index (κ3) is 5.91. The Morgan fingerprint density at radius 3 is 2.48 bits per heavy atom. The number of rotatable bonds is 5. The number of hydrazone groups is 1. The quantitative estimate of drug-likeness (QED) is 0.633. The molecule has 132 valence electrons. The molecule has 0 atom stereocenters. The number of carbonyl (C=O) groups excluding carboxylic acids is 1. The van der Waals surface area contributed by atoms with Gasteiger partial charge in [0.2, 0.25) is 0 Å². The van der Waals surface area contributed by atoms with Crippen LogP contribution >= 0.6 is 11.6 Å². The van der Waals surface area contributed by atoms with Crippen molar-refractivity contribution in [3.05, 3.63) is 64.2 Å². The van der Waals surface area contributed by atoms with Crippen molar-refractivity contribution >= 4 is 23.7 Å². The van der Waals surface area contributed by atoms with E-state index in [0.717, 1.165) is 11.1 Å². The van der Waals surface area contributed by atoms with E-state index >= 15 is 0 Å². The van der Waals surface area contributed by atoms with Gasteiger partial charge in [0.1, 0.15) is 5.75 Å². The van der Waals surface area contributed by atoms with Crippen molar-refractivity contribution in [1.29, 1.82) is 0 Å². The molecule has 0 aliphatic heterocycles. The van der Waals surface area contributed by atoms with E-state index in [4.69, 9.17) is 16.3 Å². The van der Waals surface area contributed by atoms with Crippen molar-refractivity contribution < 1.29 is 9.53 Å². The Bertz CT molecular complexity index is 762. The van der Waals surface area contributed by atoms with Gasteiger partial charge in [0.15, 0.2) is 6.61 Å². The summed E-state index contributed by atoms with van der Waals surface area (Å²) in [4.78, 5) is 11.8. The fraction of sp³-hybridized carbons (Fsp3) is 0.300. The summed E-state index contributed by atoms with van der Waals surface area (Å²) in [6.45, 7) is 8.26. The first kappa shape index (κ1) is 19.0. The number of nitrogens with one attached hydrogen (secondary N) is 1. The predicted molar refractivity (Wildman–Crippen MR) is 103 cm³/mol. The van der Waals surface area contributed by atoms with Crippen LogP contribution in [0.1, 0.15) is 37.5 Å². The van der Waals surface area contributed by atoms with Gasteiger partial charge < -0.3 is 4.74 Å². The fourth-order valence-corrected chi connectivity index (χ4v) is 2.42. The lowest BCUT2D eigenvalue weighted by Gasteiger charge is -2.18. The maximum atomic E-state index is 11.8. The molecule has 25 heavy (non-hydrogen) atoms. The molecule has 0 radical (unpaired) electrons. The molecule has 0 aliphatic carbocycles. The van der Waals surface area contributed by atoms with Crippen LogP contribution in [0.15, 0.2) is 47.6 Å². The highest BCUT2D eigenvalue weighted by atomic mass is 35.5. The van der Waals surface area contributed by atoms with Gasteiger partial charge >= 0.3 is 0 Å². The van der Waals surface area contributed by atoms with Crippen LogP contribution in [0, 0.1) is 6.92 Å². The van der Waals surface area contributed by atoms with Crippen molar-refractivity contribution in [2.24, 2.45) is 5.10 Å². The maximum absolute atomic E-state index is 11.8. The summed E-state index contributed by atoms with van der Waals surface area (Å²) in [6, 6.07) is 13.3. The van der Waals surface area contributed by atoms with Crippen LogP contribution in [0.4, 0.5) is 0 Å². The maximum Gasteiger partial charge on any atom is 0.277 e. The monoisotopic (exact) mass is 358 g/mol. The standard InChI is InChI=1S/C20H23ClN2O2/c1-14-11-17(21)9-10-18(14)25-13-19(24)23-22-12-15-5-7-16(8-6-15)20(2,3)4/h5-12H,13H2,1-4H3,(H,23,24). The zero-order valence-electron chi connectivity index (χ0n) is 15.0. The van der Waals surface area contributed by atoms with E-state index in [1.807, 2.05) is 19.1 Å². The van der Waals surface area contributed by atoms with Crippen molar-refractivity contribution in [2.75, 3.05) is 6.61 Å². The molecule has 2 rings (SSSR count). The van der Waals surface area contributed by atoms with E-state index in [-0.39, 0.29) is 17.9 Å². The first-order valence-corrected chi connectivity index (χ1v) is 8.45. The number of nitrogens with zero attached hydrogens (tertiary/aromatic N) is 1. The van der Waals surface area contributed by atoms with Crippen molar-refractivity contribution in [1.82, 2.24) is 5.43 Å². The minimum absolute atomic E-state index is 0.108. The van der Waals surface area contributed by atoms with Crippen LogP contribution in [0.5, 0.6) is 5.75 Å². The van der Waals surface area contributed by atoms with E-state index in [9.17, 15) is 4.79 Å². The summed E-state index contributed by atoms with van der Waals surface area (Å²) >= 11 is 5.89. The van der Waals surface area contributed by atoms with Gasteiger partial charge in [-0.15, -0.1) is 0 Å². The number of carbonyl (C=O) groups is 1.